The Labute approximate surface area is 237 Å². The van der Waals surface area contributed by atoms with Gasteiger partial charge in [-0.2, -0.15) is 13.2 Å². The van der Waals surface area contributed by atoms with Crippen molar-refractivity contribution in [2.45, 2.75) is 96.8 Å². The lowest BCUT2D eigenvalue weighted by molar-refractivity contribution is -0.227. The van der Waals surface area contributed by atoms with Crippen molar-refractivity contribution >= 4 is 0 Å². The normalized spacial score (nSPS) is 12.4. The molecular formula is C33H43F3N2O2. The summed E-state index contributed by atoms with van der Waals surface area (Å²) in [4.78, 5) is 9.07. The highest BCUT2D eigenvalue weighted by molar-refractivity contribution is 5.64. The van der Waals surface area contributed by atoms with E-state index in [1.54, 1.807) is 36.7 Å². The minimum atomic E-state index is -4.47. The maximum atomic E-state index is 13.3. The Morgan fingerprint density at radius 2 is 1.25 bits per heavy atom. The lowest BCUT2D eigenvalue weighted by Gasteiger charge is -2.21. The van der Waals surface area contributed by atoms with E-state index >= 15 is 0 Å². The molecular weight excluding hydrogens is 513 g/mol. The van der Waals surface area contributed by atoms with Crippen LogP contribution in [-0.2, 0) is 11.2 Å². The number of ether oxygens (including phenoxy) is 2. The lowest BCUT2D eigenvalue weighted by atomic mass is 10.0. The van der Waals surface area contributed by atoms with Gasteiger partial charge in [-0.25, -0.2) is 9.97 Å². The summed E-state index contributed by atoms with van der Waals surface area (Å²) >= 11 is 0. The molecule has 1 unspecified atom stereocenters. The third kappa shape index (κ3) is 10.9. The highest BCUT2D eigenvalue weighted by Gasteiger charge is 2.41. The van der Waals surface area contributed by atoms with Crippen LogP contribution in [0.3, 0.4) is 0 Å². The van der Waals surface area contributed by atoms with Gasteiger partial charge < -0.3 is 9.47 Å². The van der Waals surface area contributed by atoms with Crippen LogP contribution in [0.2, 0.25) is 0 Å². The molecule has 1 aromatic heterocycles. The number of nitrogens with zero attached hydrogens (tertiary/aromatic N) is 2. The summed E-state index contributed by atoms with van der Waals surface area (Å²) in [5.74, 6) is 1.01. The van der Waals surface area contributed by atoms with E-state index in [0.717, 1.165) is 36.0 Å². The summed E-state index contributed by atoms with van der Waals surface area (Å²) in [6.45, 7) is 3.73. The van der Waals surface area contributed by atoms with Gasteiger partial charge in [-0.3, -0.25) is 0 Å². The zero-order valence-corrected chi connectivity index (χ0v) is 23.9. The van der Waals surface area contributed by atoms with Crippen LogP contribution < -0.4 is 4.74 Å². The fraction of sp³-hybridized carbons (Fsp3) is 0.515. The minimum absolute atomic E-state index is 0.0692. The lowest BCUT2D eigenvalue weighted by Crippen LogP contribution is -2.37. The highest BCUT2D eigenvalue weighted by Crippen LogP contribution is 2.26. The van der Waals surface area contributed by atoms with E-state index in [9.17, 15) is 13.2 Å². The van der Waals surface area contributed by atoms with E-state index in [2.05, 4.69) is 41.2 Å². The zero-order chi connectivity index (χ0) is 28.6. The van der Waals surface area contributed by atoms with Crippen molar-refractivity contribution in [3.8, 4) is 28.3 Å². The molecule has 0 aliphatic carbocycles. The van der Waals surface area contributed by atoms with E-state index in [1.807, 2.05) is 6.92 Å². The fourth-order valence-corrected chi connectivity index (χ4v) is 4.46. The van der Waals surface area contributed by atoms with Crippen molar-refractivity contribution in [1.82, 2.24) is 9.97 Å². The predicted octanol–water partition coefficient (Wildman–Crippen LogP) is 9.62. The topological polar surface area (TPSA) is 44.2 Å². The van der Waals surface area contributed by atoms with Gasteiger partial charge in [0.05, 0.1) is 0 Å². The fourth-order valence-electron chi connectivity index (χ4n) is 4.46. The first kappa shape index (κ1) is 31.6. The smallest absolute Gasteiger partial charge is 0.417 e. The molecule has 0 radical (unpaired) electrons. The third-order valence-electron chi connectivity index (χ3n) is 6.95. The summed E-state index contributed by atoms with van der Waals surface area (Å²) in [5, 5.41) is 0. The average Bonchev–Trinajstić information content (AvgIpc) is 2.96. The number of halogens is 3. The van der Waals surface area contributed by atoms with Gasteiger partial charge in [-0.15, -0.1) is 0 Å². The van der Waals surface area contributed by atoms with Crippen molar-refractivity contribution in [3.05, 3.63) is 66.5 Å². The van der Waals surface area contributed by atoms with Gasteiger partial charge in [-0.1, -0.05) is 102 Å². The summed E-state index contributed by atoms with van der Waals surface area (Å²) in [7, 11) is 0. The molecule has 0 amide bonds. The quantitative estimate of drug-likeness (QED) is 0.146. The van der Waals surface area contributed by atoms with Crippen molar-refractivity contribution in [1.29, 1.82) is 0 Å². The Bertz CT molecular complexity index is 1080. The van der Waals surface area contributed by atoms with Crippen LogP contribution in [0, 0.1) is 0 Å². The van der Waals surface area contributed by atoms with E-state index < -0.39 is 18.9 Å². The van der Waals surface area contributed by atoms with Gasteiger partial charge in [0.2, 0.25) is 0 Å². The van der Waals surface area contributed by atoms with Crippen LogP contribution in [0.25, 0.3) is 22.5 Å². The summed E-state index contributed by atoms with van der Waals surface area (Å²) in [5.41, 5.74) is 3.97. The minimum Gasteiger partial charge on any atom is -0.491 e. The molecule has 0 N–H and O–H groups in total. The number of aryl methyl sites for hydroxylation is 1. The van der Waals surface area contributed by atoms with Crippen LogP contribution in [0.15, 0.2) is 60.9 Å². The molecule has 0 aliphatic rings. The van der Waals surface area contributed by atoms with Crippen molar-refractivity contribution < 1.29 is 22.6 Å². The zero-order valence-electron chi connectivity index (χ0n) is 23.9. The Hall–Kier alpha value is -2.93. The van der Waals surface area contributed by atoms with Crippen molar-refractivity contribution in [2.75, 3.05) is 13.2 Å². The van der Waals surface area contributed by atoms with Gasteiger partial charge in [0, 0.05) is 30.1 Å². The maximum Gasteiger partial charge on any atom is 0.417 e. The predicted molar refractivity (Wildman–Crippen MR) is 155 cm³/mol. The van der Waals surface area contributed by atoms with E-state index in [4.69, 9.17) is 9.47 Å². The number of unbranched alkanes of at least 4 members (excludes halogenated alkanes) is 8. The molecule has 0 aliphatic heterocycles. The second kappa shape index (κ2) is 17.0. The van der Waals surface area contributed by atoms with Crippen LogP contribution in [0.1, 0.15) is 83.6 Å². The second-order valence-corrected chi connectivity index (χ2v) is 10.3. The van der Waals surface area contributed by atoms with Crippen LogP contribution in [0.5, 0.6) is 5.75 Å². The summed E-state index contributed by atoms with van der Waals surface area (Å²) in [6.07, 6.45) is 9.69. The molecule has 40 heavy (non-hydrogen) atoms. The Balaban J connectivity index is 1.48. The first-order valence-electron chi connectivity index (χ1n) is 14.7. The van der Waals surface area contributed by atoms with Crippen LogP contribution in [-0.4, -0.2) is 35.5 Å². The monoisotopic (exact) mass is 556 g/mol. The molecule has 2 aromatic carbocycles. The number of rotatable bonds is 18. The van der Waals surface area contributed by atoms with E-state index in [0.29, 0.717) is 18.0 Å². The number of alkyl halides is 3. The number of hydrogen-bond donors (Lipinski definition) is 0. The molecule has 4 nitrogen and oxygen atoms in total. The Morgan fingerprint density at radius 1 is 0.675 bits per heavy atom. The molecule has 7 heteroatoms. The first-order valence-corrected chi connectivity index (χ1v) is 14.7. The Kier molecular flexibility index (Phi) is 13.4. The van der Waals surface area contributed by atoms with E-state index in [-0.39, 0.29) is 6.61 Å². The molecule has 3 rings (SSSR count). The number of hydrogen-bond acceptors (Lipinski definition) is 4. The molecule has 218 valence electrons. The maximum absolute atomic E-state index is 13.3. The molecule has 1 atom stereocenters. The Morgan fingerprint density at radius 3 is 1.88 bits per heavy atom. The molecule has 1 heterocycles. The average molecular weight is 557 g/mol. The van der Waals surface area contributed by atoms with Crippen molar-refractivity contribution in [2.24, 2.45) is 0 Å². The first-order chi connectivity index (χ1) is 19.4. The van der Waals surface area contributed by atoms with Gasteiger partial charge in [-0.05, 0) is 42.5 Å². The van der Waals surface area contributed by atoms with E-state index in [1.165, 1.54) is 50.5 Å². The molecule has 0 saturated carbocycles. The summed E-state index contributed by atoms with van der Waals surface area (Å²) < 4.78 is 50.3. The molecule has 3 aromatic rings. The third-order valence-corrected chi connectivity index (χ3v) is 6.95. The SMILES string of the molecule is CCCCCCCCCc1ccc(-c2ncc(-c3ccc(OCC(OCCCCC)C(F)(F)F)cc3)cn2)cc1. The summed E-state index contributed by atoms with van der Waals surface area (Å²) in [6, 6.07) is 15.3. The number of aromatic nitrogens is 2. The largest absolute Gasteiger partial charge is 0.491 e. The van der Waals surface area contributed by atoms with Gasteiger partial charge >= 0.3 is 6.18 Å². The van der Waals surface area contributed by atoms with Crippen molar-refractivity contribution in [3.63, 3.8) is 0 Å². The molecule has 0 fully saturated rings. The van der Waals surface area contributed by atoms with Crippen LogP contribution >= 0.6 is 0 Å². The standard InChI is InChI=1S/C33H43F3N2O2/c1-3-5-7-8-9-10-11-13-26-14-16-28(17-15-26)32-37-23-29(24-38-32)27-18-20-30(21-19-27)40-25-31(33(34,35)36)39-22-12-6-4-2/h14-21,23-24,31H,3-13,22,25H2,1-2H3. The molecule has 0 spiro atoms. The second-order valence-electron chi connectivity index (χ2n) is 10.3. The molecule has 0 saturated heterocycles. The highest BCUT2D eigenvalue weighted by atomic mass is 19.4. The van der Waals surface area contributed by atoms with Gasteiger partial charge in [0.15, 0.2) is 11.9 Å². The molecule has 0 bridgehead atoms. The van der Waals surface area contributed by atoms with Gasteiger partial charge in [0.1, 0.15) is 12.4 Å². The van der Waals surface area contributed by atoms with Crippen LogP contribution in [0.4, 0.5) is 13.2 Å². The number of benzene rings is 2. The van der Waals surface area contributed by atoms with Gasteiger partial charge in [0.25, 0.3) is 0 Å².